The Balaban J connectivity index is 1.82. The van der Waals surface area contributed by atoms with Crippen LogP contribution in [0.4, 0.5) is 0 Å². The molecule has 0 aliphatic carbocycles. The minimum Gasteiger partial charge on any atom is -0.457 e. The van der Waals surface area contributed by atoms with Gasteiger partial charge in [0.15, 0.2) is 9.84 Å². The summed E-state index contributed by atoms with van der Waals surface area (Å²) in [6.07, 6.45) is 2.99. The molecular weight excluding hydrogens is 468 g/mol. The molecule has 1 aromatic heterocycles. The summed E-state index contributed by atoms with van der Waals surface area (Å²) in [4.78, 5) is 19.0. The molecule has 2 aromatic carbocycles. The van der Waals surface area contributed by atoms with E-state index in [1.54, 1.807) is 55.7 Å². The fourth-order valence-corrected chi connectivity index (χ4v) is 4.95. The number of aromatic amines is 1. The number of carbonyl (C=O) groups is 1. The minimum absolute atomic E-state index is 0.0712. The van der Waals surface area contributed by atoms with Gasteiger partial charge in [-0.3, -0.25) is 10.0 Å². The molecule has 3 aromatic rings. The first-order chi connectivity index (χ1) is 15.7. The molecule has 2 atom stereocenters. The van der Waals surface area contributed by atoms with E-state index >= 15 is 0 Å². The molecule has 0 aliphatic rings. The summed E-state index contributed by atoms with van der Waals surface area (Å²) in [6.45, 7) is 3.46. The van der Waals surface area contributed by atoms with Crippen molar-refractivity contribution in [3.63, 3.8) is 0 Å². The zero-order chi connectivity index (χ0) is 24.0. The Hall–Kier alpha value is -2.92. The predicted molar refractivity (Wildman–Crippen MR) is 123 cm³/mol. The Kier molecular flexibility index (Phi) is 8.09. The first-order valence-electron chi connectivity index (χ1n) is 10.2. The molecule has 0 aliphatic heterocycles. The van der Waals surface area contributed by atoms with E-state index in [9.17, 15) is 13.2 Å². The SMILES string of the molecule is CC(C)[C@@H](NCC(c1ncc[nH]1)S(=O)(=O)c1ccc(Oc2ccc(Cl)cc2)cc1)C(=O)NO. The molecule has 0 saturated carbocycles. The van der Waals surface area contributed by atoms with Crippen LogP contribution >= 0.6 is 11.6 Å². The lowest BCUT2D eigenvalue weighted by Gasteiger charge is -2.23. The summed E-state index contributed by atoms with van der Waals surface area (Å²) in [5.41, 5.74) is 1.61. The zero-order valence-electron chi connectivity index (χ0n) is 18.0. The summed E-state index contributed by atoms with van der Waals surface area (Å²) >= 11 is 5.88. The second kappa shape index (κ2) is 10.8. The Morgan fingerprint density at radius 3 is 2.24 bits per heavy atom. The Morgan fingerprint density at radius 1 is 1.12 bits per heavy atom. The number of nitrogens with zero attached hydrogens (tertiary/aromatic N) is 1. The van der Waals surface area contributed by atoms with E-state index in [0.717, 1.165) is 0 Å². The maximum atomic E-state index is 13.5. The second-order valence-corrected chi connectivity index (χ2v) is 10.2. The topological polar surface area (TPSA) is 133 Å². The van der Waals surface area contributed by atoms with Crippen molar-refractivity contribution in [2.45, 2.75) is 30.0 Å². The van der Waals surface area contributed by atoms with Crippen LogP contribution in [0, 0.1) is 5.92 Å². The highest BCUT2D eigenvalue weighted by molar-refractivity contribution is 7.91. The highest BCUT2D eigenvalue weighted by Crippen LogP contribution is 2.30. The van der Waals surface area contributed by atoms with E-state index in [-0.39, 0.29) is 23.2 Å². The second-order valence-electron chi connectivity index (χ2n) is 7.64. The normalized spacial score (nSPS) is 13.5. The summed E-state index contributed by atoms with van der Waals surface area (Å²) in [5.74, 6) is 0.416. The van der Waals surface area contributed by atoms with Crippen LogP contribution in [0.1, 0.15) is 24.9 Å². The van der Waals surface area contributed by atoms with Gasteiger partial charge in [-0.15, -0.1) is 0 Å². The number of ether oxygens (including phenoxy) is 1. The number of rotatable bonds is 10. The molecule has 0 fully saturated rings. The Bertz CT molecular complexity index is 1150. The van der Waals surface area contributed by atoms with E-state index in [1.165, 1.54) is 24.5 Å². The molecule has 3 rings (SSSR count). The van der Waals surface area contributed by atoms with Crippen molar-refractivity contribution in [3.05, 3.63) is 71.8 Å². The first kappa shape index (κ1) is 24.7. The van der Waals surface area contributed by atoms with Gasteiger partial charge in [-0.05, 0) is 54.4 Å². The van der Waals surface area contributed by atoms with Gasteiger partial charge in [0.1, 0.15) is 22.6 Å². The number of benzene rings is 2. The Morgan fingerprint density at radius 2 is 1.73 bits per heavy atom. The summed E-state index contributed by atoms with van der Waals surface area (Å²) in [6, 6.07) is 12.0. The Labute approximate surface area is 197 Å². The largest absolute Gasteiger partial charge is 0.457 e. The molecule has 33 heavy (non-hydrogen) atoms. The quantitative estimate of drug-likeness (QED) is 0.251. The third kappa shape index (κ3) is 6.11. The number of imidazole rings is 1. The number of carbonyl (C=O) groups excluding carboxylic acids is 1. The van der Waals surface area contributed by atoms with E-state index in [0.29, 0.717) is 16.5 Å². The summed E-state index contributed by atoms with van der Waals surface area (Å²) < 4.78 is 32.6. The molecule has 11 heteroatoms. The van der Waals surface area contributed by atoms with Crippen molar-refractivity contribution >= 4 is 27.3 Å². The molecule has 0 saturated heterocycles. The maximum Gasteiger partial charge on any atom is 0.260 e. The van der Waals surface area contributed by atoms with Gasteiger partial charge in [0.2, 0.25) is 0 Å². The fourth-order valence-electron chi connectivity index (χ4n) is 3.24. The zero-order valence-corrected chi connectivity index (χ0v) is 19.6. The van der Waals surface area contributed by atoms with Crippen LogP contribution in [0.15, 0.2) is 65.8 Å². The van der Waals surface area contributed by atoms with Crippen LogP contribution in [-0.4, -0.2) is 42.1 Å². The standard InChI is InChI=1S/C22H25ClN4O5S/c1-14(2)20(22(28)27-29)26-13-19(21-24-11-12-25-21)33(30,31)18-9-7-17(8-10-18)32-16-5-3-15(23)4-6-16/h3-12,14,19-20,26,29H,13H2,1-2H3,(H,24,25)(H,27,28)/t19?,20-/m1/s1. The van der Waals surface area contributed by atoms with Crippen LogP contribution in [0.25, 0.3) is 0 Å². The molecule has 0 bridgehead atoms. The van der Waals surface area contributed by atoms with Crippen molar-refractivity contribution in [2.24, 2.45) is 5.92 Å². The van der Waals surface area contributed by atoms with E-state index in [4.69, 9.17) is 21.5 Å². The number of hydrogen-bond donors (Lipinski definition) is 4. The molecule has 1 heterocycles. The van der Waals surface area contributed by atoms with Gasteiger partial charge in [0, 0.05) is 24.0 Å². The van der Waals surface area contributed by atoms with E-state index in [1.807, 2.05) is 0 Å². The average Bonchev–Trinajstić information content (AvgIpc) is 3.32. The highest BCUT2D eigenvalue weighted by atomic mass is 35.5. The van der Waals surface area contributed by atoms with Gasteiger partial charge < -0.3 is 15.0 Å². The van der Waals surface area contributed by atoms with Crippen molar-refractivity contribution in [2.75, 3.05) is 6.54 Å². The number of amides is 1. The maximum absolute atomic E-state index is 13.5. The van der Waals surface area contributed by atoms with Gasteiger partial charge in [0.25, 0.3) is 5.91 Å². The lowest BCUT2D eigenvalue weighted by Crippen LogP contribution is -2.48. The molecule has 176 valence electrons. The summed E-state index contributed by atoms with van der Waals surface area (Å²) in [5, 5.41) is 11.4. The van der Waals surface area contributed by atoms with Gasteiger partial charge in [-0.25, -0.2) is 18.9 Å². The predicted octanol–water partition coefficient (Wildman–Crippen LogP) is 3.49. The lowest BCUT2D eigenvalue weighted by atomic mass is 10.0. The van der Waals surface area contributed by atoms with Gasteiger partial charge in [-0.2, -0.15) is 0 Å². The number of aromatic nitrogens is 2. The van der Waals surface area contributed by atoms with Crippen molar-refractivity contribution < 1.29 is 23.2 Å². The van der Waals surface area contributed by atoms with Gasteiger partial charge in [0.05, 0.1) is 10.9 Å². The van der Waals surface area contributed by atoms with E-state index < -0.39 is 27.0 Å². The monoisotopic (exact) mass is 492 g/mol. The number of sulfone groups is 1. The highest BCUT2D eigenvalue weighted by Gasteiger charge is 2.33. The molecule has 0 spiro atoms. The smallest absolute Gasteiger partial charge is 0.260 e. The van der Waals surface area contributed by atoms with Crippen LogP contribution in [0.3, 0.4) is 0 Å². The molecule has 1 amide bonds. The third-order valence-corrected chi connectivity index (χ3v) is 7.30. The fraction of sp³-hybridized carbons (Fsp3) is 0.273. The number of hydrogen-bond acceptors (Lipinski definition) is 7. The van der Waals surface area contributed by atoms with Crippen molar-refractivity contribution in [1.29, 1.82) is 0 Å². The van der Waals surface area contributed by atoms with Crippen LogP contribution < -0.4 is 15.5 Å². The van der Waals surface area contributed by atoms with Crippen LogP contribution in [0.5, 0.6) is 11.5 Å². The molecular formula is C22H25ClN4O5S. The van der Waals surface area contributed by atoms with Gasteiger partial charge >= 0.3 is 0 Å². The minimum atomic E-state index is -3.90. The van der Waals surface area contributed by atoms with Crippen LogP contribution in [-0.2, 0) is 14.6 Å². The molecule has 4 N–H and O–H groups in total. The molecule has 0 radical (unpaired) electrons. The number of hydroxylamine groups is 1. The number of nitrogens with one attached hydrogen (secondary N) is 3. The lowest BCUT2D eigenvalue weighted by molar-refractivity contribution is -0.132. The third-order valence-electron chi connectivity index (χ3n) is 4.98. The van der Waals surface area contributed by atoms with Gasteiger partial charge in [-0.1, -0.05) is 25.4 Å². The van der Waals surface area contributed by atoms with Crippen molar-refractivity contribution in [1.82, 2.24) is 20.8 Å². The van der Waals surface area contributed by atoms with Crippen molar-refractivity contribution in [3.8, 4) is 11.5 Å². The average molecular weight is 493 g/mol. The summed E-state index contributed by atoms with van der Waals surface area (Å²) in [7, 11) is -3.90. The molecule has 1 unspecified atom stereocenters. The number of halogens is 1. The van der Waals surface area contributed by atoms with Crippen LogP contribution in [0.2, 0.25) is 5.02 Å². The first-order valence-corrected chi connectivity index (χ1v) is 12.1. The number of H-pyrrole nitrogens is 1. The molecule has 9 nitrogen and oxygen atoms in total. The van der Waals surface area contributed by atoms with E-state index in [2.05, 4.69) is 15.3 Å².